The number of thiazole rings is 1. The molecule has 1 aliphatic heterocycles. The van der Waals surface area contributed by atoms with Crippen molar-refractivity contribution in [3.63, 3.8) is 0 Å². The molecule has 3 N–H and O–H groups in total. The second-order valence-electron chi connectivity index (χ2n) is 11.8. The number of pyridine rings is 1. The van der Waals surface area contributed by atoms with E-state index in [2.05, 4.69) is 46.8 Å². The van der Waals surface area contributed by atoms with Crippen LogP contribution in [0.15, 0.2) is 42.7 Å². The van der Waals surface area contributed by atoms with E-state index in [1.165, 1.54) is 11.1 Å². The number of hydrogen-bond donors (Lipinski definition) is 3. The van der Waals surface area contributed by atoms with Gasteiger partial charge in [-0.1, -0.05) is 29.8 Å². The van der Waals surface area contributed by atoms with Gasteiger partial charge in [0.15, 0.2) is 5.79 Å². The van der Waals surface area contributed by atoms with Crippen LogP contribution in [0.1, 0.15) is 49.9 Å². The smallest absolute Gasteiger partial charge is 0.225 e. The molecule has 9 nitrogen and oxygen atoms in total. The maximum atomic E-state index is 10.1. The molecule has 2 saturated carbocycles. The summed E-state index contributed by atoms with van der Waals surface area (Å²) in [5.41, 5.74) is 4.89. The highest BCUT2D eigenvalue weighted by Crippen LogP contribution is 2.49. The molecule has 40 heavy (non-hydrogen) atoms. The fraction of sp³-hybridized carbons (Fsp3) is 0.467. The number of anilines is 2. The Balaban J connectivity index is 1.28. The fourth-order valence-electron chi connectivity index (χ4n) is 6.16. The van der Waals surface area contributed by atoms with Crippen LogP contribution in [0.4, 0.5) is 11.8 Å². The van der Waals surface area contributed by atoms with Gasteiger partial charge < -0.3 is 25.2 Å². The molecule has 1 saturated heterocycles. The van der Waals surface area contributed by atoms with Crippen LogP contribution in [-0.4, -0.2) is 55.7 Å². The summed E-state index contributed by atoms with van der Waals surface area (Å²) >= 11 is 1.60. The van der Waals surface area contributed by atoms with Crippen molar-refractivity contribution in [3.05, 3.63) is 59.5 Å². The number of fused-ring (bicyclic) bond motifs is 2. The molecule has 208 valence electrons. The van der Waals surface area contributed by atoms with E-state index in [9.17, 15) is 5.11 Å². The van der Waals surface area contributed by atoms with Gasteiger partial charge in [0.1, 0.15) is 22.4 Å². The minimum atomic E-state index is -0.702. The average molecular weight is 559 g/mol. The van der Waals surface area contributed by atoms with Crippen molar-refractivity contribution < 1.29 is 14.6 Å². The summed E-state index contributed by atoms with van der Waals surface area (Å²) in [6.07, 6.45) is 5.96. The topological polar surface area (TPSA) is 114 Å². The summed E-state index contributed by atoms with van der Waals surface area (Å²) in [5, 5.41) is 18.3. The Bertz CT molecular complexity index is 1530. The van der Waals surface area contributed by atoms with Crippen LogP contribution in [0.3, 0.4) is 0 Å². The van der Waals surface area contributed by atoms with Gasteiger partial charge in [-0.05, 0) is 58.6 Å². The molecule has 1 aromatic carbocycles. The maximum absolute atomic E-state index is 10.1. The van der Waals surface area contributed by atoms with Gasteiger partial charge >= 0.3 is 0 Å². The Morgan fingerprint density at radius 3 is 2.52 bits per heavy atom. The predicted octanol–water partition coefficient (Wildman–Crippen LogP) is 5.18. The summed E-state index contributed by atoms with van der Waals surface area (Å²) in [7, 11) is 0. The van der Waals surface area contributed by atoms with E-state index in [0.29, 0.717) is 18.2 Å². The SMILES string of the molecule is Cc1ccc(C2(Nc3nc(C)c(-c4nc5cnccc5s4)c(N[C@@H]4C[C@H](CO)[C@H]5OC(C)(C)O[C@H]54)n3)CC2)cc1. The molecule has 0 amide bonds. The Kier molecular flexibility index (Phi) is 6.08. The van der Waals surface area contributed by atoms with Crippen LogP contribution in [0.5, 0.6) is 0 Å². The highest BCUT2D eigenvalue weighted by Gasteiger charge is 2.54. The van der Waals surface area contributed by atoms with E-state index in [-0.39, 0.29) is 36.3 Å². The molecular weight excluding hydrogens is 524 g/mol. The highest BCUT2D eigenvalue weighted by molar-refractivity contribution is 7.21. The monoisotopic (exact) mass is 558 g/mol. The number of rotatable bonds is 7. The number of aromatic nitrogens is 4. The number of aryl methyl sites for hydroxylation is 2. The third kappa shape index (κ3) is 4.52. The van der Waals surface area contributed by atoms with Crippen molar-refractivity contribution in [1.29, 1.82) is 0 Å². The molecule has 0 bridgehead atoms. The molecule has 4 aromatic rings. The van der Waals surface area contributed by atoms with Crippen LogP contribution in [0, 0.1) is 19.8 Å². The second kappa shape index (κ2) is 9.44. The van der Waals surface area contributed by atoms with E-state index in [1.54, 1.807) is 23.7 Å². The molecule has 7 rings (SSSR count). The van der Waals surface area contributed by atoms with Crippen LogP contribution < -0.4 is 10.6 Å². The van der Waals surface area contributed by atoms with Crippen molar-refractivity contribution in [2.75, 3.05) is 17.2 Å². The van der Waals surface area contributed by atoms with Crippen LogP contribution >= 0.6 is 11.3 Å². The first kappa shape index (κ1) is 25.8. The van der Waals surface area contributed by atoms with Crippen molar-refractivity contribution >= 4 is 33.3 Å². The number of hydrogen-bond acceptors (Lipinski definition) is 10. The standard InChI is InChI=1S/C30H34N6O3S/c1-16-5-7-19(8-6-16)30(10-11-30)36-28-32-17(2)23(27-34-21-14-31-12-9-22(21)40-27)26(35-28)33-20-13-18(15-37)24-25(20)39-29(3,4)38-24/h5-9,12,14,18,20,24-25,37H,10-11,13,15H2,1-4H3,(H2,32,33,35,36)/t18-,20-,24-,25+/m1/s1. The molecule has 4 heterocycles. The quantitative estimate of drug-likeness (QED) is 0.282. The van der Waals surface area contributed by atoms with Crippen LogP contribution in [0.25, 0.3) is 20.8 Å². The summed E-state index contributed by atoms with van der Waals surface area (Å²) in [6, 6.07) is 10.6. The maximum Gasteiger partial charge on any atom is 0.225 e. The average Bonchev–Trinajstić information content (AvgIpc) is 3.29. The van der Waals surface area contributed by atoms with Gasteiger partial charge in [-0.2, -0.15) is 4.98 Å². The third-order valence-electron chi connectivity index (χ3n) is 8.34. The number of benzene rings is 1. The Morgan fingerprint density at radius 1 is 1.02 bits per heavy atom. The number of aliphatic hydroxyl groups excluding tert-OH is 1. The fourth-order valence-corrected chi connectivity index (χ4v) is 7.19. The molecule has 0 radical (unpaired) electrons. The molecule has 0 spiro atoms. The minimum Gasteiger partial charge on any atom is -0.396 e. The second-order valence-corrected chi connectivity index (χ2v) is 12.8. The molecular formula is C30H34N6O3S. The number of ether oxygens (including phenoxy) is 2. The minimum absolute atomic E-state index is 0.0157. The normalized spacial score (nSPS) is 26.1. The predicted molar refractivity (Wildman–Crippen MR) is 155 cm³/mol. The van der Waals surface area contributed by atoms with Crippen LogP contribution in [-0.2, 0) is 15.0 Å². The van der Waals surface area contributed by atoms with Gasteiger partial charge in [0.05, 0.1) is 39.8 Å². The molecule has 0 unspecified atom stereocenters. The molecule has 2 aliphatic carbocycles. The van der Waals surface area contributed by atoms with Crippen LogP contribution in [0.2, 0.25) is 0 Å². The third-order valence-corrected chi connectivity index (χ3v) is 9.39. The van der Waals surface area contributed by atoms with E-state index < -0.39 is 5.79 Å². The van der Waals surface area contributed by atoms with Gasteiger partial charge in [0.25, 0.3) is 0 Å². The van der Waals surface area contributed by atoms with Crippen molar-refractivity contribution in [2.24, 2.45) is 5.92 Å². The number of nitrogens with one attached hydrogen (secondary N) is 2. The van der Waals surface area contributed by atoms with E-state index in [1.807, 2.05) is 26.8 Å². The zero-order valence-corrected chi connectivity index (χ0v) is 24.0. The lowest BCUT2D eigenvalue weighted by molar-refractivity contribution is -0.158. The van der Waals surface area contributed by atoms with Crippen molar-refractivity contribution in [3.8, 4) is 10.6 Å². The zero-order valence-electron chi connectivity index (χ0n) is 23.1. The lowest BCUT2D eigenvalue weighted by atomic mass is 10.0. The molecule has 3 aromatic heterocycles. The van der Waals surface area contributed by atoms with Gasteiger partial charge in [0.2, 0.25) is 5.95 Å². The zero-order chi connectivity index (χ0) is 27.6. The first-order valence-corrected chi connectivity index (χ1v) is 14.7. The molecule has 10 heteroatoms. The molecule has 3 aliphatic rings. The Morgan fingerprint density at radius 2 is 1.80 bits per heavy atom. The van der Waals surface area contributed by atoms with E-state index in [4.69, 9.17) is 24.4 Å². The number of aliphatic hydroxyl groups is 1. The van der Waals surface area contributed by atoms with Crippen molar-refractivity contribution in [1.82, 2.24) is 19.9 Å². The lowest BCUT2D eigenvalue weighted by Crippen LogP contribution is -2.35. The largest absolute Gasteiger partial charge is 0.396 e. The summed E-state index contributed by atoms with van der Waals surface area (Å²) in [4.78, 5) is 19.1. The lowest BCUT2D eigenvalue weighted by Gasteiger charge is -2.25. The summed E-state index contributed by atoms with van der Waals surface area (Å²) in [5.74, 6) is 0.573. The van der Waals surface area contributed by atoms with E-state index >= 15 is 0 Å². The highest BCUT2D eigenvalue weighted by atomic mass is 32.1. The van der Waals surface area contributed by atoms with Crippen molar-refractivity contribution in [2.45, 2.75) is 76.5 Å². The Labute approximate surface area is 237 Å². The van der Waals surface area contributed by atoms with Gasteiger partial charge in [0, 0.05) is 18.7 Å². The summed E-state index contributed by atoms with van der Waals surface area (Å²) < 4.78 is 13.6. The van der Waals surface area contributed by atoms with E-state index in [0.717, 1.165) is 39.3 Å². The first-order valence-electron chi connectivity index (χ1n) is 13.9. The van der Waals surface area contributed by atoms with Gasteiger partial charge in [-0.15, -0.1) is 11.3 Å². The Hall–Kier alpha value is -3.18. The molecule has 4 atom stereocenters. The summed E-state index contributed by atoms with van der Waals surface area (Å²) in [6.45, 7) is 8.01. The molecule has 3 fully saturated rings. The number of nitrogens with zero attached hydrogens (tertiary/aromatic N) is 4. The first-order chi connectivity index (χ1) is 19.2. The van der Waals surface area contributed by atoms with Gasteiger partial charge in [-0.3, -0.25) is 4.98 Å². The van der Waals surface area contributed by atoms with Gasteiger partial charge in [-0.25, -0.2) is 9.97 Å².